The van der Waals surface area contributed by atoms with E-state index in [4.69, 9.17) is 4.74 Å². The van der Waals surface area contributed by atoms with Crippen LogP contribution in [0.3, 0.4) is 0 Å². The quantitative estimate of drug-likeness (QED) is 0.463. The maximum atomic E-state index is 12.1. The summed E-state index contributed by atoms with van der Waals surface area (Å²) < 4.78 is 5.84. The molecular formula is C19H14O2S. The number of benzene rings is 2. The smallest absolute Gasteiger partial charge is 0.185 e. The van der Waals surface area contributed by atoms with Gasteiger partial charge in [0.05, 0.1) is 4.88 Å². The lowest BCUT2D eigenvalue weighted by Gasteiger charge is -2.04. The summed E-state index contributed by atoms with van der Waals surface area (Å²) in [6.07, 6.45) is 3.39. The molecule has 0 saturated carbocycles. The molecule has 1 heterocycles. The number of ketones is 1. The molecule has 108 valence electrons. The van der Waals surface area contributed by atoms with Crippen LogP contribution in [0.25, 0.3) is 6.08 Å². The van der Waals surface area contributed by atoms with Crippen LogP contribution in [0.5, 0.6) is 11.5 Å². The Morgan fingerprint density at radius 2 is 1.59 bits per heavy atom. The average Bonchev–Trinajstić information content (AvgIpc) is 3.01. The molecule has 3 aromatic rings. The van der Waals surface area contributed by atoms with Gasteiger partial charge in [-0.25, -0.2) is 0 Å². The largest absolute Gasteiger partial charge is 0.456 e. The molecule has 0 amide bonds. The van der Waals surface area contributed by atoms with E-state index in [1.54, 1.807) is 23.5 Å². The normalized spacial score (nSPS) is 10.7. The summed E-state index contributed by atoms with van der Waals surface area (Å²) in [5.41, 5.74) is 0.681. The molecule has 0 saturated heterocycles. The van der Waals surface area contributed by atoms with Gasteiger partial charge in [-0.3, -0.25) is 4.79 Å². The zero-order valence-corrected chi connectivity index (χ0v) is 12.6. The third-order valence-electron chi connectivity index (χ3n) is 3.07. The number of hydrogen-bond acceptors (Lipinski definition) is 3. The number of allylic oxidation sites excluding steroid dienone is 1. The van der Waals surface area contributed by atoms with Crippen molar-refractivity contribution >= 4 is 23.2 Å². The summed E-state index contributed by atoms with van der Waals surface area (Å²) in [6.45, 7) is 0. The van der Waals surface area contributed by atoms with Crippen LogP contribution >= 0.6 is 11.3 Å². The molecule has 0 atom stereocenters. The highest BCUT2D eigenvalue weighted by atomic mass is 32.1. The van der Waals surface area contributed by atoms with E-state index in [0.717, 1.165) is 16.4 Å². The van der Waals surface area contributed by atoms with Gasteiger partial charge in [0.15, 0.2) is 5.78 Å². The molecule has 0 spiro atoms. The van der Waals surface area contributed by atoms with Crippen LogP contribution < -0.4 is 4.74 Å². The Hall–Kier alpha value is -2.65. The predicted molar refractivity (Wildman–Crippen MR) is 90.6 cm³/mol. The summed E-state index contributed by atoms with van der Waals surface area (Å²) >= 11 is 1.54. The first kappa shape index (κ1) is 14.3. The molecule has 3 heteroatoms. The fraction of sp³-hybridized carbons (Fsp3) is 0. The molecule has 2 aromatic carbocycles. The van der Waals surface area contributed by atoms with Crippen molar-refractivity contribution in [1.82, 2.24) is 0 Å². The van der Waals surface area contributed by atoms with Crippen molar-refractivity contribution < 1.29 is 9.53 Å². The lowest BCUT2D eigenvalue weighted by molar-refractivity contribution is 0.104. The number of ether oxygens (including phenoxy) is 1. The minimum atomic E-state index is -0.0142. The van der Waals surface area contributed by atoms with Gasteiger partial charge in [0.25, 0.3) is 0 Å². The van der Waals surface area contributed by atoms with Crippen molar-refractivity contribution in [1.29, 1.82) is 0 Å². The fourth-order valence-corrected chi connectivity index (χ4v) is 2.69. The molecule has 22 heavy (non-hydrogen) atoms. The highest BCUT2D eigenvalue weighted by Crippen LogP contribution is 2.30. The van der Waals surface area contributed by atoms with E-state index in [0.29, 0.717) is 5.56 Å². The lowest BCUT2D eigenvalue weighted by atomic mass is 10.1. The Bertz CT molecular complexity index is 773. The van der Waals surface area contributed by atoms with E-state index in [2.05, 4.69) is 0 Å². The zero-order chi connectivity index (χ0) is 15.2. The summed E-state index contributed by atoms with van der Waals surface area (Å²) in [5, 5.41) is 1.95. The monoisotopic (exact) mass is 306 g/mol. The molecule has 1 aromatic heterocycles. The summed E-state index contributed by atoms with van der Waals surface area (Å²) in [7, 11) is 0. The standard InChI is InChI=1S/C19H14O2S/c20-17(15-7-3-1-4-8-15)11-12-19-18(13-14-22-19)21-16-9-5-2-6-10-16/h1-14H. The minimum Gasteiger partial charge on any atom is -0.456 e. The second-order valence-corrected chi connectivity index (χ2v) is 5.58. The van der Waals surface area contributed by atoms with Gasteiger partial charge >= 0.3 is 0 Å². The predicted octanol–water partition coefficient (Wildman–Crippen LogP) is 5.44. The van der Waals surface area contributed by atoms with Gasteiger partial charge in [0.1, 0.15) is 11.5 Å². The molecule has 2 nitrogen and oxygen atoms in total. The van der Waals surface area contributed by atoms with E-state index in [1.807, 2.05) is 72.1 Å². The Balaban J connectivity index is 1.75. The highest BCUT2D eigenvalue weighted by Gasteiger charge is 2.05. The van der Waals surface area contributed by atoms with Crippen molar-refractivity contribution in [3.8, 4) is 11.5 Å². The Kier molecular flexibility index (Phi) is 4.47. The molecule has 0 unspecified atom stereocenters. The average molecular weight is 306 g/mol. The van der Waals surface area contributed by atoms with Gasteiger partial charge in [-0.1, -0.05) is 48.5 Å². The van der Waals surface area contributed by atoms with E-state index in [-0.39, 0.29) is 5.78 Å². The summed E-state index contributed by atoms with van der Waals surface area (Å²) in [5.74, 6) is 1.53. The number of hydrogen-bond donors (Lipinski definition) is 0. The van der Waals surface area contributed by atoms with Gasteiger partial charge in [-0.05, 0) is 35.7 Å². The van der Waals surface area contributed by atoms with Gasteiger partial charge in [0.2, 0.25) is 0 Å². The van der Waals surface area contributed by atoms with Crippen LogP contribution in [0, 0.1) is 0 Å². The third-order valence-corrected chi connectivity index (χ3v) is 3.94. The molecule has 0 fully saturated rings. The first-order chi connectivity index (χ1) is 10.8. The van der Waals surface area contributed by atoms with Crippen LogP contribution in [-0.2, 0) is 0 Å². The lowest BCUT2D eigenvalue weighted by Crippen LogP contribution is -1.92. The SMILES string of the molecule is O=C(C=Cc1sccc1Oc1ccccc1)c1ccccc1. The van der Waals surface area contributed by atoms with E-state index >= 15 is 0 Å². The number of carbonyl (C=O) groups is 1. The number of carbonyl (C=O) groups excluding carboxylic acids is 1. The van der Waals surface area contributed by atoms with Crippen molar-refractivity contribution in [2.75, 3.05) is 0 Å². The first-order valence-corrected chi connectivity index (χ1v) is 7.79. The van der Waals surface area contributed by atoms with Crippen molar-refractivity contribution in [3.05, 3.63) is 88.6 Å². The summed E-state index contributed by atoms with van der Waals surface area (Å²) in [6, 6.07) is 20.7. The maximum absolute atomic E-state index is 12.1. The molecular weight excluding hydrogens is 292 g/mol. The van der Waals surface area contributed by atoms with Gasteiger partial charge in [0, 0.05) is 5.56 Å². The zero-order valence-electron chi connectivity index (χ0n) is 11.8. The van der Waals surface area contributed by atoms with Crippen molar-refractivity contribution in [3.63, 3.8) is 0 Å². The van der Waals surface area contributed by atoms with E-state index in [1.165, 1.54) is 0 Å². The van der Waals surface area contributed by atoms with Gasteiger partial charge in [-0.2, -0.15) is 0 Å². The van der Waals surface area contributed by atoms with Crippen LogP contribution in [0.15, 0.2) is 78.2 Å². The molecule has 0 aliphatic heterocycles. The molecule has 0 bridgehead atoms. The molecule has 0 aliphatic carbocycles. The van der Waals surface area contributed by atoms with Gasteiger partial charge in [-0.15, -0.1) is 11.3 Å². The topological polar surface area (TPSA) is 26.3 Å². The highest BCUT2D eigenvalue weighted by molar-refractivity contribution is 7.11. The minimum absolute atomic E-state index is 0.0142. The number of para-hydroxylation sites is 1. The second-order valence-electron chi connectivity index (χ2n) is 4.63. The summed E-state index contributed by atoms with van der Waals surface area (Å²) in [4.78, 5) is 13.0. The number of rotatable bonds is 5. The van der Waals surface area contributed by atoms with Crippen LogP contribution in [-0.4, -0.2) is 5.78 Å². The molecule has 3 rings (SSSR count). The Morgan fingerprint density at radius 3 is 2.32 bits per heavy atom. The van der Waals surface area contributed by atoms with Crippen LogP contribution in [0.4, 0.5) is 0 Å². The second kappa shape index (κ2) is 6.87. The maximum Gasteiger partial charge on any atom is 0.185 e. The van der Waals surface area contributed by atoms with Gasteiger partial charge < -0.3 is 4.74 Å². The van der Waals surface area contributed by atoms with E-state index in [9.17, 15) is 4.79 Å². The van der Waals surface area contributed by atoms with Crippen molar-refractivity contribution in [2.24, 2.45) is 0 Å². The molecule has 0 aliphatic rings. The molecule has 0 N–H and O–H groups in total. The van der Waals surface area contributed by atoms with Crippen LogP contribution in [0.1, 0.15) is 15.2 Å². The Morgan fingerprint density at radius 1 is 0.909 bits per heavy atom. The van der Waals surface area contributed by atoms with E-state index < -0.39 is 0 Å². The first-order valence-electron chi connectivity index (χ1n) is 6.91. The van der Waals surface area contributed by atoms with Crippen molar-refractivity contribution in [2.45, 2.75) is 0 Å². The van der Waals surface area contributed by atoms with Crippen LogP contribution in [0.2, 0.25) is 0 Å². The Labute approximate surface area is 133 Å². The third kappa shape index (κ3) is 3.51. The molecule has 0 radical (unpaired) electrons. The fourth-order valence-electron chi connectivity index (χ4n) is 1.98. The number of thiophene rings is 1.